The predicted molar refractivity (Wildman–Crippen MR) is 134 cm³/mol. The Balaban J connectivity index is 1.33. The summed E-state index contributed by atoms with van der Waals surface area (Å²) < 4.78 is 5.88. The van der Waals surface area contributed by atoms with E-state index in [-0.39, 0.29) is 11.8 Å². The summed E-state index contributed by atoms with van der Waals surface area (Å²) >= 11 is 1.58. The van der Waals surface area contributed by atoms with Crippen molar-refractivity contribution in [2.75, 3.05) is 10.6 Å². The fraction of sp³-hybridized carbons (Fsp3) is 0.0769. The number of rotatable bonds is 8. The highest BCUT2D eigenvalue weighted by Crippen LogP contribution is 2.21. The molecule has 34 heavy (non-hydrogen) atoms. The molecule has 0 fully saturated rings. The van der Waals surface area contributed by atoms with Crippen molar-refractivity contribution in [2.24, 2.45) is 0 Å². The monoisotopic (exact) mass is 470 g/mol. The first-order chi connectivity index (χ1) is 16.6. The van der Waals surface area contributed by atoms with Crippen molar-refractivity contribution in [3.63, 3.8) is 0 Å². The number of aryl methyl sites for hydroxylation is 1. The molecule has 0 bridgehead atoms. The normalized spacial score (nSPS) is 10.7. The van der Waals surface area contributed by atoms with Gasteiger partial charge in [-0.2, -0.15) is 0 Å². The van der Waals surface area contributed by atoms with Gasteiger partial charge in [-0.15, -0.1) is 11.3 Å². The summed E-state index contributed by atoms with van der Waals surface area (Å²) in [5.74, 6) is 0.119. The predicted octanol–water partition coefficient (Wildman–Crippen LogP) is 5.33. The highest BCUT2D eigenvalue weighted by atomic mass is 32.1. The topological polar surface area (TPSA) is 93.2 Å². The maximum atomic E-state index is 12.4. The molecule has 8 heteroatoms. The minimum absolute atomic E-state index is 0.254. The summed E-state index contributed by atoms with van der Waals surface area (Å²) in [6.45, 7) is 2.32. The first kappa shape index (κ1) is 22.9. The van der Waals surface area contributed by atoms with Crippen molar-refractivity contribution in [2.45, 2.75) is 13.5 Å². The van der Waals surface area contributed by atoms with Gasteiger partial charge in [-0.25, -0.2) is 4.98 Å². The minimum atomic E-state index is -0.294. The van der Waals surface area contributed by atoms with Crippen molar-refractivity contribution >= 4 is 40.6 Å². The quantitative estimate of drug-likeness (QED) is 0.340. The molecule has 4 rings (SSSR count). The summed E-state index contributed by atoms with van der Waals surface area (Å²) in [6.07, 6.45) is 6.35. The van der Waals surface area contributed by atoms with Gasteiger partial charge in [-0.3, -0.25) is 14.6 Å². The number of hydrogen-bond acceptors (Lipinski definition) is 6. The van der Waals surface area contributed by atoms with E-state index in [0.717, 1.165) is 16.3 Å². The standard InChI is InChI=1S/C26H22N4O3S/c1-18-28-23(17-34-18)16-33-24-7-3-2-5-19(24)10-13-25(31)29-21-11-8-20(9-12-21)26(32)30-22-6-4-14-27-15-22/h2-15,17H,16H2,1H3,(H,29,31)(H,30,32)/b13-10+. The van der Waals surface area contributed by atoms with Crippen LogP contribution in [0.1, 0.15) is 26.6 Å². The van der Waals surface area contributed by atoms with Crippen molar-refractivity contribution < 1.29 is 14.3 Å². The van der Waals surface area contributed by atoms with Gasteiger partial charge in [0.25, 0.3) is 5.91 Å². The molecule has 0 aliphatic heterocycles. The van der Waals surface area contributed by atoms with Crippen LogP contribution in [0.15, 0.2) is 84.5 Å². The lowest BCUT2D eigenvalue weighted by atomic mass is 10.1. The van der Waals surface area contributed by atoms with Crippen LogP contribution in [-0.2, 0) is 11.4 Å². The Morgan fingerprint density at radius 1 is 1.00 bits per heavy atom. The molecule has 0 atom stereocenters. The van der Waals surface area contributed by atoms with Gasteiger partial charge in [-0.05, 0) is 55.5 Å². The number of ether oxygens (including phenoxy) is 1. The van der Waals surface area contributed by atoms with Gasteiger partial charge in [-0.1, -0.05) is 18.2 Å². The Morgan fingerprint density at radius 2 is 1.82 bits per heavy atom. The smallest absolute Gasteiger partial charge is 0.255 e. The molecule has 0 unspecified atom stereocenters. The van der Waals surface area contributed by atoms with Gasteiger partial charge in [0.15, 0.2) is 0 Å². The Morgan fingerprint density at radius 3 is 2.56 bits per heavy atom. The van der Waals surface area contributed by atoms with E-state index in [0.29, 0.717) is 29.3 Å². The van der Waals surface area contributed by atoms with Crippen LogP contribution in [0.3, 0.4) is 0 Å². The number of para-hydroxylation sites is 1. The summed E-state index contributed by atoms with van der Waals surface area (Å²) in [7, 11) is 0. The molecule has 0 saturated carbocycles. The first-order valence-electron chi connectivity index (χ1n) is 10.5. The lowest BCUT2D eigenvalue weighted by Crippen LogP contribution is -2.12. The van der Waals surface area contributed by atoms with Gasteiger partial charge in [0.05, 0.1) is 22.6 Å². The molecule has 2 N–H and O–H groups in total. The van der Waals surface area contributed by atoms with Crippen LogP contribution < -0.4 is 15.4 Å². The number of aromatic nitrogens is 2. The van der Waals surface area contributed by atoms with E-state index in [4.69, 9.17) is 4.74 Å². The first-order valence-corrected chi connectivity index (χ1v) is 11.4. The summed E-state index contributed by atoms with van der Waals surface area (Å²) in [5.41, 5.74) is 3.32. The highest BCUT2D eigenvalue weighted by molar-refractivity contribution is 7.09. The molecule has 0 spiro atoms. The molecule has 0 aliphatic carbocycles. The maximum Gasteiger partial charge on any atom is 0.255 e. The molecule has 2 aromatic carbocycles. The minimum Gasteiger partial charge on any atom is -0.487 e. The van der Waals surface area contributed by atoms with E-state index in [1.807, 2.05) is 36.6 Å². The van der Waals surface area contributed by atoms with Crippen LogP contribution in [0, 0.1) is 6.92 Å². The van der Waals surface area contributed by atoms with Crippen LogP contribution in [-0.4, -0.2) is 21.8 Å². The average Bonchev–Trinajstić information content (AvgIpc) is 3.28. The van der Waals surface area contributed by atoms with Crippen molar-refractivity contribution in [1.29, 1.82) is 0 Å². The van der Waals surface area contributed by atoms with Gasteiger partial charge >= 0.3 is 0 Å². The number of pyridine rings is 1. The third-order valence-electron chi connectivity index (χ3n) is 4.71. The van der Waals surface area contributed by atoms with E-state index >= 15 is 0 Å². The fourth-order valence-electron chi connectivity index (χ4n) is 3.07. The Labute approximate surface area is 201 Å². The zero-order valence-corrected chi connectivity index (χ0v) is 19.2. The molecule has 7 nitrogen and oxygen atoms in total. The second-order valence-corrected chi connectivity index (χ2v) is 8.34. The number of nitrogens with one attached hydrogen (secondary N) is 2. The number of anilines is 2. The Hall–Kier alpha value is -4.30. The lowest BCUT2D eigenvalue weighted by molar-refractivity contribution is -0.111. The highest BCUT2D eigenvalue weighted by Gasteiger charge is 2.07. The van der Waals surface area contributed by atoms with Crippen LogP contribution >= 0.6 is 11.3 Å². The van der Waals surface area contributed by atoms with Gasteiger partial charge in [0.1, 0.15) is 12.4 Å². The third kappa shape index (κ3) is 6.36. The largest absolute Gasteiger partial charge is 0.487 e. The second kappa shape index (κ2) is 11.0. The number of carbonyl (C=O) groups is 2. The Bertz CT molecular complexity index is 1300. The molecule has 170 valence electrons. The molecule has 2 heterocycles. The van der Waals surface area contributed by atoms with Gasteiger partial charge in [0.2, 0.25) is 5.91 Å². The molecule has 2 amide bonds. The van der Waals surface area contributed by atoms with Gasteiger partial charge in [0, 0.05) is 34.5 Å². The summed E-state index contributed by atoms with van der Waals surface area (Å²) in [4.78, 5) is 33.1. The van der Waals surface area contributed by atoms with Crippen molar-refractivity contribution in [3.05, 3.63) is 106 Å². The van der Waals surface area contributed by atoms with Crippen LogP contribution in [0.25, 0.3) is 6.08 Å². The Kier molecular flexibility index (Phi) is 7.42. The SMILES string of the molecule is Cc1nc(COc2ccccc2/C=C/C(=O)Nc2ccc(C(=O)Nc3cccnc3)cc2)cs1. The number of thiazole rings is 1. The molecular weight excluding hydrogens is 448 g/mol. The molecule has 2 aromatic heterocycles. The van der Waals surface area contributed by atoms with Gasteiger partial charge < -0.3 is 15.4 Å². The summed E-state index contributed by atoms with van der Waals surface area (Å²) in [5, 5.41) is 8.52. The zero-order valence-electron chi connectivity index (χ0n) is 18.4. The third-order valence-corrected chi connectivity index (χ3v) is 5.53. The van der Waals surface area contributed by atoms with E-state index in [9.17, 15) is 9.59 Å². The van der Waals surface area contributed by atoms with Crippen LogP contribution in [0.4, 0.5) is 11.4 Å². The van der Waals surface area contributed by atoms with E-state index in [1.165, 1.54) is 6.08 Å². The molecule has 0 radical (unpaired) electrons. The second-order valence-electron chi connectivity index (χ2n) is 7.28. The number of hydrogen-bond donors (Lipinski definition) is 2. The number of carbonyl (C=O) groups excluding carboxylic acids is 2. The molecule has 0 aliphatic rings. The van der Waals surface area contributed by atoms with Crippen molar-refractivity contribution in [1.82, 2.24) is 9.97 Å². The summed E-state index contributed by atoms with van der Waals surface area (Å²) in [6, 6.07) is 17.6. The van der Waals surface area contributed by atoms with Crippen LogP contribution in [0.2, 0.25) is 0 Å². The molecule has 4 aromatic rings. The molecule has 0 saturated heterocycles. The average molecular weight is 471 g/mol. The van der Waals surface area contributed by atoms with Crippen LogP contribution in [0.5, 0.6) is 5.75 Å². The number of nitrogens with zero attached hydrogens (tertiary/aromatic N) is 2. The van der Waals surface area contributed by atoms with E-state index < -0.39 is 0 Å². The zero-order chi connectivity index (χ0) is 23.8. The maximum absolute atomic E-state index is 12.4. The van der Waals surface area contributed by atoms with Crippen molar-refractivity contribution in [3.8, 4) is 5.75 Å². The van der Waals surface area contributed by atoms with E-state index in [2.05, 4.69) is 20.6 Å². The lowest BCUT2D eigenvalue weighted by Gasteiger charge is -2.08. The molecular formula is C26H22N4O3S. The number of benzene rings is 2. The van der Waals surface area contributed by atoms with E-state index in [1.54, 1.807) is 66.2 Å². The number of amides is 2. The fourth-order valence-corrected chi connectivity index (χ4v) is 3.67.